The van der Waals surface area contributed by atoms with Gasteiger partial charge in [-0.1, -0.05) is 50.1 Å². The Kier molecular flexibility index (Phi) is 5.59. The molecule has 0 fully saturated rings. The number of anilines is 1. The smallest absolute Gasteiger partial charge is 0.316 e. The number of aromatic nitrogens is 3. The fourth-order valence-electron chi connectivity index (χ4n) is 2.53. The monoisotopic (exact) mass is 388 g/mol. The van der Waals surface area contributed by atoms with Gasteiger partial charge in [0.1, 0.15) is 9.88 Å². The predicted octanol–water partition coefficient (Wildman–Crippen LogP) is 3.23. The molecular formula is C19H24N4O3S. The van der Waals surface area contributed by atoms with Crippen LogP contribution in [0.1, 0.15) is 32.0 Å². The molecule has 0 saturated heterocycles. The average Bonchev–Trinajstić information content (AvgIpc) is 3.25. The summed E-state index contributed by atoms with van der Waals surface area (Å²) in [4.78, 5) is 5.44. The first-order valence-electron chi connectivity index (χ1n) is 8.72. The Hall–Kier alpha value is -2.29. The molecule has 0 aliphatic rings. The molecule has 0 aliphatic carbocycles. The van der Waals surface area contributed by atoms with E-state index >= 15 is 0 Å². The lowest BCUT2D eigenvalue weighted by atomic mass is 9.87. The second kappa shape index (κ2) is 7.75. The van der Waals surface area contributed by atoms with Gasteiger partial charge in [-0.05, 0) is 17.9 Å². The van der Waals surface area contributed by atoms with Crippen LogP contribution < -0.4 is 5.32 Å². The highest BCUT2D eigenvalue weighted by Crippen LogP contribution is 2.35. The lowest BCUT2D eigenvalue weighted by Crippen LogP contribution is -2.27. The molecular weight excluding hydrogens is 364 g/mol. The first-order valence-corrected chi connectivity index (χ1v) is 9.54. The van der Waals surface area contributed by atoms with E-state index in [0.717, 1.165) is 21.1 Å². The number of thiazole rings is 1. The van der Waals surface area contributed by atoms with Gasteiger partial charge in [0.15, 0.2) is 0 Å². The molecule has 1 aromatic carbocycles. The summed E-state index contributed by atoms with van der Waals surface area (Å²) in [5.74, 6) is 0.361. The maximum absolute atomic E-state index is 9.13. The molecule has 0 unspecified atom stereocenters. The van der Waals surface area contributed by atoms with E-state index in [4.69, 9.17) is 14.6 Å². The number of hydrogen-bond acceptors (Lipinski definition) is 8. The number of rotatable bonds is 6. The molecule has 3 aromatic rings. The Morgan fingerprint density at radius 3 is 2.37 bits per heavy atom. The van der Waals surface area contributed by atoms with Crippen LogP contribution in [-0.4, -0.2) is 44.7 Å². The first kappa shape index (κ1) is 19.5. The van der Waals surface area contributed by atoms with Gasteiger partial charge in [0.05, 0.1) is 24.9 Å². The van der Waals surface area contributed by atoms with Gasteiger partial charge < -0.3 is 19.9 Å². The molecule has 7 nitrogen and oxygen atoms in total. The predicted molar refractivity (Wildman–Crippen MR) is 106 cm³/mol. The van der Waals surface area contributed by atoms with Crippen LogP contribution in [0.25, 0.3) is 21.3 Å². The van der Waals surface area contributed by atoms with E-state index in [0.29, 0.717) is 5.89 Å². The Morgan fingerprint density at radius 2 is 1.78 bits per heavy atom. The van der Waals surface area contributed by atoms with Gasteiger partial charge in [-0.15, -0.1) is 16.4 Å². The van der Waals surface area contributed by atoms with Crippen LogP contribution in [0.4, 0.5) is 6.01 Å². The van der Waals surface area contributed by atoms with Crippen molar-refractivity contribution in [3.05, 3.63) is 35.5 Å². The summed E-state index contributed by atoms with van der Waals surface area (Å²) < 4.78 is 5.61. The number of aliphatic hydroxyl groups is 2. The summed E-state index contributed by atoms with van der Waals surface area (Å²) in [5, 5.41) is 29.9. The van der Waals surface area contributed by atoms with Gasteiger partial charge in [-0.2, -0.15) is 0 Å². The van der Waals surface area contributed by atoms with Crippen molar-refractivity contribution >= 4 is 17.4 Å². The average molecular weight is 388 g/mol. The molecule has 2 heterocycles. The highest BCUT2D eigenvalue weighted by atomic mass is 32.1. The topological polar surface area (TPSA) is 104 Å². The van der Waals surface area contributed by atoms with Crippen LogP contribution in [0.2, 0.25) is 0 Å². The van der Waals surface area contributed by atoms with E-state index in [2.05, 4.69) is 65.5 Å². The minimum absolute atomic E-state index is 0.108. The third-order valence-electron chi connectivity index (χ3n) is 4.18. The third-order valence-corrected chi connectivity index (χ3v) is 5.38. The van der Waals surface area contributed by atoms with Crippen molar-refractivity contribution in [1.29, 1.82) is 0 Å². The number of aryl methyl sites for hydroxylation is 1. The quantitative estimate of drug-likeness (QED) is 0.595. The molecule has 0 spiro atoms. The highest BCUT2D eigenvalue weighted by Gasteiger charge is 2.19. The van der Waals surface area contributed by atoms with E-state index in [-0.39, 0.29) is 24.6 Å². The minimum atomic E-state index is -0.544. The van der Waals surface area contributed by atoms with Gasteiger partial charge in [0.2, 0.25) is 0 Å². The van der Waals surface area contributed by atoms with Crippen molar-refractivity contribution in [2.45, 2.75) is 39.2 Å². The molecule has 3 rings (SSSR count). The zero-order valence-corrected chi connectivity index (χ0v) is 16.7. The normalized spacial score (nSPS) is 12.0. The second-order valence-corrected chi connectivity index (χ2v) is 8.38. The molecule has 0 amide bonds. The molecule has 0 saturated carbocycles. The van der Waals surface area contributed by atoms with Gasteiger partial charge in [0.25, 0.3) is 5.89 Å². The third kappa shape index (κ3) is 4.35. The molecule has 8 heteroatoms. The SMILES string of the molecule is Cc1nc(-c2ccc(C(C)(C)C)cc2)sc1-c1nnc(NC(CO)CO)o1. The number of nitrogens with zero attached hydrogens (tertiary/aromatic N) is 3. The lowest BCUT2D eigenvalue weighted by molar-refractivity contribution is 0.202. The number of benzene rings is 1. The van der Waals surface area contributed by atoms with Crippen LogP contribution in [0, 0.1) is 6.92 Å². The Morgan fingerprint density at radius 1 is 1.11 bits per heavy atom. The molecule has 0 atom stereocenters. The van der Waals surface area contributed by atoms with E-state index in [1.54, 1.807) is 0 Å². The summed E-state index contributed by atoms with van der Waals surface area (Å²) in [5.41, 5.74) is 3.23. The number of nitrogens with one attached hydrogen (secondary N) is 1. The van der Waals surface area contributed by atoms with Crippen LogP contribution in [-0.2, 0) is 5.41 Å². The lowest BCUT2D eigenvalue weighted by Gasteiger charge is -2.18. The number of hydrogen-bond donors (Lipinski definition) is 3. The van der Waals surface area contributed by atoms with Gasteiger partial charge >= 0.3 is 6.01 Å². The van der Waals surface area contributed by atoms with Crippen molar-refractivity contribution < 1.29 is 14.6 Å². The van der Waals surface area contributed by atoms with Crippen LogP contribution >= 0.6 is 11.3 Å². The van der Waals surface area contributed by atoms with Gasteiger partial charge in [0, 0.05) is 5.56 Å². The Balaban J connectivity index is 1.84. The fourth-order valence-corrected chi connectivity index (χ4v) is 3.52. The van der Waals surface area contributed by atoms with Crippen molar-refractivity contribution in [3.8, 4) is 21.3 Å². The molecule has 144 valence electrons. The van der Waals surface area contributed by atoms with Crippen LogP contribution in [0.5, 0.6) is 0 Å². The van der Waals surface area contributed by atoms with E-state index in [1.165, 1.54) is 16.9 Å². The minimum Gasteiger partial charge on any atom is -0.402 e. The zero-order valence-electron chi connectivity index (χ0n) is 15.9. The largest absolute Gasteiger partial charge is 0.402 e. The van der Waals surface area contributed by atoms with Crippen LogP contribution in [0.15, 0.2) is 28.7 Å². The van der Waals surface area contributed by atoms with Crippen molar-refractivity contribution in [2.75, 3.05) is 18.5 Å². The maximum Gasteiger partial charge on any atom is 0.316 e. The second-order valence-electron chi connectivity index (χ2n) is 7.38. The molecule has 0 aliphatic heterocycles. The molecule has 3 N–H and O–H groups in total. The van der Waals surface area contributed by atoms with E-state index in [9.17, 15) is 0 Å². The van der Waals surface area contributed by atoms with Gasteiger partial charge in [-0.3, -0.25) is 0 Å². The molecule has 2 aromatic heterocycles. The fraction of sp³-hybridized carbons (Fsp3) is 0.421. The summed E-state index contributed by atoms with van der Waals surface area (Å²) >= 11 is 1.49. The first-order chi connectivity index (χ1) is 12.8. The van der Waals surface area contributed by atoms with Crippen LogP contribution in [0.3, 0.4) is 0 Å². The zero-order chi connectivity index (χ0) is 19.6. The summed E-state index contributed by atoms with van der Waals surface area (Å²) in [6.45, 7) is 8.00. The summed E-state index contributed by atoms with van der Waals surface area (Å²) in [6, 6.07) is 8.03. The molecule has 0 radical (unpaired) electrons. The van der Waals surface area contributed by atoms with E-state index in [1.807, 2.05) is 6.92 Å². The highest BCUT2D eigenvalue weighted by molar-refractivity contribution is 7.18. The summed E-state index contributed by atoms with van der Waals surface area (Å²) in [7, 11) is 0. The van der Waals surface area contributed by atoms with Crippen molar-refractivity contribution in [1.82, 2.24) is 15.2 Å². The Labute approximate surface area is 162 Å². The molecule has 0 bridgehead atoms. The number of aliphatic hydroxyl groups excluding tert-OH is 2. The molecule has 27 heavy (non-hydrogen) atoms. The summed E-state index contributed by atoms with van der Waals surface area (Å²) in [6.07, 6.45) is 0. The van der Waals surface area contributed by atoms with E-state index < -0.39 is 6.04 Å². The van der Waals surface area contributed by atoms with Crippen molar-refractivity contribution in [2.24, 2.45) is 0 Å². The Bertz CT molecular complexity index is 893. The van der Waals surface area contributed by atoms with Crippen molar-refractivity contribution in [3.63, 3.8) is 0 Å². The van der Waals surface area contributed by atoms with Gasteiger partial charge in [-0.25, -0.2) is 4.98 Å². The maximum atomic E-state index is 9.13. The standard InChI is InChI=1S/C19H24N4O3S/c1-11-15(16-22-23-18(26-16)21-14(9-24)10-25)27-17(20-11)12-5-7-13(8-6-12)19(2,3)4/h5-8,14,24-25H,9-10H2,1-4H3,(H,21,23).